The van der Waals surface area contributed by atoms with Crippen LogP contribution in [0.4, 0.5) is 11.4 Å². The highest BCUT2D eigenvalue weighted by molar-refractivity contribution is 6.21. The number of hydrogen-bond donors (Lipinski definition) is 2. The lowest BCUT2D eigenvalue weighted by Crippen LogP contribution is -1.91. The summed E-state index contributed by atoms with van der Waals surface area (Å²) in [6, 6.07) is 50.6. The Balaban J connectivity index is 1.23. The molecular formula is C40H28N4. The summed E-state index contributed by atoms with van der Waals surface area (Å²) < 4.78 is 0. The molecule has 7 aromatic carbocycles. The van der Waals surface area contributed by atoms with Gasteiger partial charge in [-0.15, -0.1) is 0 Å². The Bertz CT molecular complexity index is 2240. The number of aromatic amines is 1. The van der Waals surface area contributed by atoms with Crippen molar-refractivity contribution in [1.82, 2.24) is 9.97 Å². The van der Waals surface area contributed by atoms with E-state index >= 15 is 0 Å². The summed E-state index contributed by atoms with van der Waals surface area (Å²) in [5.74, 6) is 0.878. The Morgan fingerprint density at radius 3 is 1.61 bits per heavy atom. The molecule has 0 aliphatic rings. The summed E-state index contributed by atoms with van der Waals surface area (Å²) in [5, 5.41) is 4.90. The van der Waals surface area contributed by atoms with E-state index in [9.17, 15) is 0 Å². The van der Waals surface area contributed by atoms with Gasteiger partial charge in [-0.25, -0.2) is 4.98 Å². The Morgan fingerprint density at radius 1 is 0.523 bits per heavy atom. The molecule has 4 nitrogen and oxygen atoms in total. The molecule has 0 atom stereocenters. The highest BCUT2D eigenvalue weighted by atomic mass is 14.9. The van der Waals surface area contributed by atoms with E-state index in [0.29, 0.717) is 5.69 Å². The smallest absolute Gasteiger partial charge is 0.138 e. The summed E-state index contributed by atoms with van der Waals surface area (Å²) in [6.45, 7) is 0. The first kappa shape index (κ1) is 25.7. The number of imidazole rings is 1. The minimum Gasteiger partial charge on any atom is -0.397 e. The van der Waals surface area contributed by atoms with Crippen molar-refractivity contribution in [1.29, 1.82) is 0 Å². The standard InChI is InChI=1S/C40H28N4/c41-34-13-5-6-14-35(34)42-25-26-17-19-27(20-18-26)38-30-9-1-3-11-32(30)39(33-12-4-2-10-31(33)38)28-21-23-29(24-22-28)40-43-36-15-7-8-16-37(36)44-40/h1-25H,41H2,(H,43,44). The highest BCUT2D eigenvalue weighted by Gasteiger charge is 2.16. The van der Waals surface area contributed by atoms with Gasteiger partial charge in [-0.2, -0.15) is 0 Å². The third-order valence-electron chi connectivity index (χ3n) is 8.26. The number of nitrogens with zero attached hydrogens (tertiary/aromatic N) is 2. The lowest BCUT2D eigenvalue weighted by molar-refractivity contribution is 1.34. The van der Waals surface area contributed by atoms with Gasteiger partial charge in [-0.1, -0.05) is 121 Å². The quantitative estimate of drug-likeness (QED) is 0.124. The van der Waals surface area contributed by atoms with Gasteiger partial charge in [0, 0.05) is 11.8 Å². The van der Waals surface area contributed by atoms with Gasteiger partial charge in [0.1, 0.15) is 5.82 Å². The van der Waals surface area contributed by atoms with E-state index in [2.05, 4.69) is 113 Å². The molecule has 0 fully saturated rings. The summed E-state index contributed by atoms with van der Waals surface area (Å²) in [6.07, 6.45) is 1.86. The van der Waals surface area contributed by atoms with Gasteiger partial charge in [0.05, 0.1) is 22.4 Å². The number of para-hydroxylation sites is 4. The molecule has 0 aliphatic heterocycles. The fourth-order valence-electron chi connectivity index (χ4n) is 6.12. The van der Waals surface area contributed by atoms with Gasteiger partial charge in [0.15, 0.2) is 0 Å². The van der Waals surface area contributed by atoms with Crippen LogP contribution in [0.3, 0.4) is 0 Å². The second kappa shape index (κ2) is 10.7. The number of aromatic nitrogens is 2. The second-order valence-corrected chi connectivity index (χ2v) is 11.0. The summed E-state index contributed by atoms with van der Waals surface area (Å²) >= 11 is 0. The van der Waals surface area contributed by atoms with Crippen LogP contribution in [0.1, 0.15) is 5.56 Å². The third kappa shape index (κ3) is 4.50. The highest BCUT2D eigenvalue weighted by Crippen LogP contribution is 2.43. The van der Waals surface area contributed by atoms with Crippen LogP contribution in [0.5, 0.6) is 0 Å². The molecule has 8 rings (SSSR count). The fourth-order valence-corrected chi connectivity index (χ4v) is 6.12. The SMILES string of the molecule is Nc1ccccc1N=Cc1ccc(-c2c3ccccc3c(-c3ccc(-c4nc5ccccc5[nH]4)cc3)c3ccccc23)cc1. The molecule has 44 heavy (non-hydrogen) atoms. The van der Waals surface area contributed by atoms with Crippen LogP contribution in [0.15, 0.2) is 151 Å². The van der Waals surface area contributed by atoms with Crippen LogP contribution in [-0.2, 0) is 0 Å². The van der Waals surface area contributed by atoms with E-state index in [-0.39, 0.29) is 0 Å². The zero-order valence-electron chi connectivity index (χ0n) is 23.9. The van der Waals surface area contributed by atoms with Crippen molar-refractivity contribution in [3.8, 4) is 33.6 Å². The Kier molecular flexibility index (Phi) is 6.24. The summed E-state index contributed by atoms with van der Waals surface area (Å²) in [7, 11) is 0. The Hall–Kier alpha value is -6.00. The number of hydrogen-bond acceptors (Lipinski definition) is 3. The number of nitrogens with two attached hydrogens (primary N) is 1. The largest absolute Gasteiger partial charge is 0.397 e. The number of H-pyrrole nitrogens is 1. The minimum absolute atomic E-state index is 0.669. The monoisotopic (exact) mass is 564 g/mol. The number of fused-ring (bicyclic) bond motifs is 3. The molecule has 0 radical (unpaired) electrons. The number of aliphatic imine (C=N–C) groups is 1. The molecule has 0 unspecified atom stereocenters. The van der Waals surface area contributed by atoms with Crippen LogP contribution in [0.2, 0.25) is 0 Å². The van der Waals surface area contributed by atoms with Gasteiger partial charge in [0.2, 0.25) is 0 Å². The van der Waals surface area contributed by atoms with Gasteiger partial charge in [-0.3, -0.25) is 4.99 Å². The number of nitrogen functional groups attached to an aromatic ring is 1. The van der Waals surface area contributed by atoms with Crippen molar-refractivity contribution in [2.24, 2.45) is 4.99 Å². The van der Waals surface area contributed by atoms with E-state index in [0.717, 1.165) is 33.7 Å². The first-order chi connectivity index (χ1) is 21.7. The first-order valence-corrected chi connectivity index (χ1v) is 14.7. The molecule has 0 amide bonds. The molecule has 1 aromatic heterocycles. The van der Waals surface area contributed by atoms with Crippen molar-refractivity contribution in [3.63, 3.8) is 0 Å². The van der Waals surface area contributed by atoms with Gasteiger partial charge >= 0.3 is 0 Å². The lowest BCUT2D eigenvalue weighted by Gasteiger charge is -2.18. The van der Waals surface area contributed by atoms with E-state index in [1.54, 1.807) is 0 Å². The zero-order valence-corrected chi connectivity index (χ0v) is 23.9. The molecule has 3 N–H and O–H groups in total. The maximum atomic E-state index is 6.08. The molecular weight excluding hydrogens is 536 g/mol. The molecule has 0 saturated heterocycles. The number of benzene rings is 7. The van der Waals surface area contributed by atoms with Crippen molar-refractivity contribution < 1.29 is 0 Å². The van der Waals surface area contributed by atoms with Gasteiger partial charge < -0.3 is 10.7 Å². The van der Waals surface area contributed by atoms with Crippen molar-refractivity contribution >= 4 is 50.2 Å². The van der Waals surface area contributed by atoms with Crippen LogP contribution in [0.25, 0.3) is 66.2 Å². The normalized spacial score (nSPS) is 11.6. The third-order valence-corrected chi connectivity index (χ3v) is 8.26. The van der Waals surface area contributed by atoms with E-state index in [1.807, 2.05) is 48.7 Å². The molecule has 0 bridgehead atoms. The molecule has 0 aliphatic carbocycles. The maximum absolute atomic E-state index is 6.08. The average molecular weight is 565 g/mol. The van der Waals surface area contributed by atoms with Gasteiger partial charge in [-0.05, 0) is 73.6 Å². The predicted octanol–water partition coefficient (Wildman–Crippen LogP) is 10.2. The first-order valence-electron chi connectivity index (χ1n) is 14.7. The van der Waals surface area contributed by atoms with Crippen LogP contribution in [0, 0.1) is 0 Å². The molecule has 1 heterocycles. The Morgan fingerprint density at radius 2 is 1.02 bits per heavy atom. The second-order valence-electron chi connectivity index (χ2n) is 11.0. The van der Waals surface area contributed by atoms with E-state index in [4.69, 9.17) is 10.7 Å². The number of anilines is 1. The number of nitrogens with one attached hydrogen (secondary N) is 1. The van der Waals surface area contributed by atoms with E-state index in [1.165, 1.54) is 43.8 Å². The van der Waals surface area contributed by atoms with Crippen LogP contribution in [-0.4, -0.2) is 16.2 Å². The molecule has 0 spiro atoms. The zero-order chi connectivity index (χ0) is 29.5. The molecule has 8 aromatic rings. The van der Waals surface area contributed by atoms with Crippen LogP contribution >= 0.6 is 0 Å². The summed E-state index contributed by atoms with van der Waals surface area (Å²) in [4.78, 5) is 12.9. The topological polar surface area (TPSA) is 67.1 Å². The van der Waals surface area contributed by atoms with Crippen molar-refractivity contribution in [2.45, 2.75) is 0 Å². The number of rotatable bonds is 5. The summed E-state index contributed by atoms with van der Waals surface area (Å²) in [5.41, 5.74) is 16.4. The van der Waals surface area contributed by atoms with Gasteiger partial charge in [0.25, 0.3) is 0 Å². The molecule has 0 saturated carbocycles. The maximum Gasteiger partial charge on any atom is 0.138 e. The fraction of sp³-hybridized carbons (Fsp3) is 0. The molecule has 4 heteroatoms. The minimum atomic E-state index is 0.669. The van der Waals surface area contributed by atoms with Crippen LogP contribution < -0.4 is 5.73 Å². The molecule has 208 valence electrons. The predicted molar refractivity (Wildman–Crippen MR) is 186 cm³/mol. The van der Waals surface area contributed by atoms with Crippen molar-refractivity contribution in [3.05, 3.63) is 151 Å². The Labute approximate surface area is 255 Å². The van der Waals surface area contributed by atoms with E-state index < -0.39 is 0 Å². The average Bonchev–Trinajstić information content (AvgIpc) is 3.52. The lowest BCUT2D eigenvalue weighted by atomic mass is 9.86. The van der Waals surface area contributed by atoms with Crippen molar-refractivity contribution in [2.75, 3.05) is 5.73 Å².